The number of aromatic nitrogens is 2. The minimum absolute atomic E-state index is 0.191. The molecule has 2 heterocycles. The van der Waals surface area contributed by atoms with Crippen LogP contribution in [0.3, 0.4) is 0 Å². The second kappa shape index (κ2) is 9.22. The molecule has 4 aromatic rings. The summed E-state index contributed by atoms with van der Waals surface area (Å²) in [6.07, 6.45) is 3.04. The molecule has 0 aliphatic carbocycles. The van der Waals surface area contributed by atoms with E-state index in [2.05, 4.69) is 28.1 Å². The summed E-state index contributed by atoms with van der Waals surface area (Å²) in [7, 11) is 0. The van der Waals surface area contributed by atoms with E-state index in [1.807, 2.05) is 59.6 Å². The molecule has 1 aliphatic rings. The molecular formula is C26H26N4O2. The van der Waals surface area contributed by atoms with Crippen molar-refractivity contribution < 1.29 is 9.53 Å². The van der Waals surface area contributed by atoms with Crippen LogP contribution in [0.2, 0.25) is 0 Å². The van der Waals surface area contributed by atoms with E-state index in [-0.39, 0.29) is 5.91 Å². The summed E-state index contributed by atoms with van der Waals surface area (Å²) in [5, 5.41) is 2.36. The average Bonchev–Trinajstić information content (AvgIpc) is 2.86. The number of fused-ring (bicyclic) bond motifs is 2. The fourth-order valence-electron chi connectivity index (χ4n) is 4.11. The minimum Gasteiger partial charge on any atom is -0.494 e. The Balaban J connectivity index is 1.08. The van der Waals surface area contributed by atoms with E-state index in [1.165, 1.54) is 5.39 Å². The Morgan fingerprint density at radius 1 is 0.875 bits per heavy atom. The third-order valence-corrected chi connectivity index (χ3v) is 5.92. The quantitative estimate of drug-likeness (QED) is 0.431. The van der Waals surface area contributed by atoms with Crippen LogP contribution in [0.25, 0.3) is 21.8 Å². The summed E-state index contributed by atoms with van der Waals surface area (Å²) < 4.78 is 5.87. The Labute approximate surface area is 187 Å². The van der Waals surface area contributed by atoms with Crippen molar-refractivity contribution in [2.45, 2.75) is 12.8 Å². The molecule has 5 rings (SSSR count). The van der Waals surface area contributed by atoms with E-state index < -0.39 is 0 Å². The lowest BCUT2D eigenvalue weighted by atomic mass is 10.1. The molecule has 0 unspecified atom stereocenters. The number of nitrogens with zero attached hydrogens (tertiary/aromatic N) is 4. The number of rotatable bonds is 6. The van der Waals surface area contributed by atoms with E-state index >= 15 is 0 Å². The topological polar surface area (TPSA) is 58.6 Å². The number of para-hydroxylation sites is 2. The molecule has 162 valence electrons. The molecule has 0 N–H and O–H groups in total. The van der Waals surface area contributed by atoms with Gasteiger partial charge in [-0.3, -0.25) is 9.78 Å². The molecule has 6 heteroatoms. The zero-order chi connectivity index (χ0) is 21.8. The van der Waals surface area contributed by atoms with Crippen LogP contribution in [0.1, 0.15) is 12.8 Å². The zero-order valence-corrected chi connectivity index (χ0v) is 18.0. The van der Waals surface area contributed by atoms with Crippen molar-refractivity contribution in [1.82, 2.24) is 14.9 Å². The Hall–Kier alpha value is -3.67. The van der Waals surface area contributed by atoms with Gasteiger partial charge < -0.3 is 14.5 Å². The lowest BCUT2D eigenvalue weighted by Crippen LogP contribution is -2.49. The fraction of sp³-hybridized carbons (Fsp3) is 0.269. The number of hydrogen-bond donors (Lipinski definition) is 0. The molecule has 32 heavy (non-hydrogen) atoms. The van der Waals surface area contributed by atoms with E-state index in [1.54, 1.807) is 0 Å². The van der Waals surface area contributed by atoms with Crippen molar-refractivity contribution in [2.75, 3.05) is 37.7 Å². The average molecular weight is 427 g/mol. The number of carbonyl (C=O) groups is 1. The lowest BCUT2D eigenvalue weighted by Gasteiger charge is -2.35. The van der Waals surface area contributed by atoms with Gasteiger partial charge in [-0.25, -0.2) is 4.98 Å². The highest BCUT2D eigenvalue weighted by Crippen LogP contribution is 2.21. The third-order valence-electron chi connectivity index (χ3n) is 5.92. The van der Waals surface area contributed by atoms with Gasteiger partial charge in [-0.1, -0.05) is 42.5 Å². The molecule has 0 bridgehead atoms. The van der Waals surface area contributed by atoms with Crippen LogP contribution < -0.4 is 9.64 Å². The van der Waals surface area contributed by atoms with E-state index in [9.17, 15) is 4.79 Å². The maximum Gasteiger partial charge on any atom is 0.222 e. The Bertz CT molecular complexity index is 1230. The monoisotopic (exact) mass is 426 g/mol. The smallest absolute Gasteiger partial charge is 0.222 e. The lowest BCUT2D eigenvalue weighted by molar-refractivity contribution is -0.131. The molecule has 0 spiro atoms. The molecule has 0 saturated carbocycles. The van der Waals surface area contributed by atoms with Gasteiger partial charge in [0.2, 0.25) is 5.91 Å². The second-order valence-electron chi connectivity index (χ2n) is 8.05. The molecule has 1 aliphatic heterocycles. The summed E-state index contributed by atoms with van der Waals surface area (Å²) in [5.41, 5.74) is 1.80. The summed E-state index contributed by atoms with van der Waals surface area (Å²) >= 11 is 0. The summed E-state index contributed by atoms with van der Waals surface area (Å²) in [6, 6.07) is 22.2. The molecular weight excluding hydrogens is 400 g/mol. The number of benzene rings is 3. The highest BCUT2D eigenvalue weighted by molar-refractivity contribution is 5.83. The van der Waals surface area contributed by atoms with Crippen LogP contribution in [-0.4, -0.2) is 53.6 Å². The highest BCUT2D eigenvalue weighted by atomic mass is 16.5. The van der Waals surface area contributed by atoms with Crippen molar-refractivity contribution >= 4 is 33.5 Å². The SMILES string of the molecule is O=C(CCCOc1ccc2ccccc2c1)N1CCN(c2cnc3ccccc3n2)CC1. The Morgan fingerprint density at radius 2 is 1.62 bits per heavy atom. The maximum absolute atomic E-state index is 12.6. The highest BCUT2D eigenvalue weighted by Gasteiger charge is 2.22. The first-order chi connectivity index (χ1) is 15.8. The normalized spacial score (nSPS) is 14.1. The van der Waals surface area contributed by atoms with Gasteiger partial charge >= 0.3 is 0 Å². The van der Waals surface area contributed by atoms with Crippen LogP contribution in [0.4, 0.5) is 5.82 Å². The first-order valence-electron chi connectivity index (χ1n) is 11.1. The van der Waals surface area contributed by atoms with E-state index in [0.717, 1.165) is 41.1 Å². The number of amides is 1. The number of hydrogen-bond acceptors (Lipinski definition) is 5. The van der Waals surface area contributed by atoms with Crippen LogP contribution >= 0.6 is 0 Å². The van der Waals surface area contributed by atoms with Crippen LogP contribution in [0, 0.1) is 0 Å². The largest absolute Gasteiger partial charge is 0.494 e. The molecule has 3 aromatic carbocycles. The van der Waals surface area contributed by atoms with Crippen molar-refractivity contribution in [3.05, 3.63) is 72.9 Å². The molecule has 0 radical (unpaired) electrons. The van der Waals surface area contributed by atoms with Gasteiger partial charge in [0.1, 0.15) is 11.6 Å². The Morgan fingerprint density at radius 3 is 2.47 bits per heavy atom. The number of anilines is 1. The summed E-state index contributed by atoms with van der Waals surface area (Å²) in [6.45, 7) is 3.49. The molecule has 6 nitrogen and oxygen atoms in total. The molecule has 1 amide bonds. The first kappa shape index (κ1) is 20.2. The minimum atomic E-state index is 0.191. The van der Waals surface area contributed by atoms with Crippen molar-refractivity contribution in [2.24, 2.45) is 0 Å². The van der Waals surface area contributed by atoms with E-state index in [4.69, 9.17) is 9.72 Å². The summed E-state index contributed by atoms with van der Waals surface area (Å²) in [4.78, 5) is 26.0. The number of piperazine rings is 1. The second-order valence-corrected chi connectivity index (χ2v) is 8.05. The maximum atomic E-state index is 12.6. The van der Waals surface area contributed by atoms with Crippen molar-refractivity contribution in [3.63, 3.8) is 0 Å². The van der Waals surface area contributed by atoms with Crippen molar-refractivity contribution in [3.8, 4) is 5.75 Å². The van der Waals surface area contributed by atoms with Gasteiger partial charge in [0.15, 0.2) is 0 Å². The van der Waals surface area contributed by atoms with Gasteiger partial charge in [-0.15, -0.1) is 0 Å². The third kappa shape index (κ3) is 4.49. The molecule has 1 saturated heterocycles. The van der Waals surface area contributed by atoms with Gasteiger partial charge in [0.25, 0.3) is 0 Å². The van der Waals surface area contributed by atoms with Crippen LogP contribution in [0.5, 0.6) is 5.75 Å². The first-order valence-corrected chi connectivity index (χ1v) is 11.1. The van der Waals surface area contributed by atoms with Crippen LogP contribution in [0.15, 0.2) is 72.9 Å². The van der Waals surface area contributed by atoms with Gasteiger partial charge in [0.05, 0.1) is 23.8 Å². The van der Waals surface area contributed by atoms with E-state index in [0.29, 0.717) is 32.5 Å². The van der Waals surface area contributed by atoms with Gasteiger partial charge in [0, 0.05) is 32.6 Å². The van der Waals surface area contributed by atoms with Crippen LogP contribution in [-0.2, 0) is 4.79 Å². The standard InChI is InChI=1S/C26H26N4O2/c31-26(10-5-17-32-22-12-11-20-6-1-2-7-21(20)18-22)30-15-13-29(14-16-30)25-19-27-23-8-3-4-9-24(23)28-25/h1-4,6-9,11-12,18-19H,5,10,13-17H2. The zero-order valence-electron chi connectivity index (χ0n) is 18.0. The number of carbonyl (C=O) groups excluding carboxylic acids is 1. The molecule has 1 aromatic heterocycles. The molecule has 1 fully saturated rings. The predicted octanol–water partition coefficient (Wildman–Crippen LogP) is 4.29. The predicted molar refractivity (Wildman–Crippen MR) is 127 cm³/mol. The fourth-order valence-corrected chi connectivity index (χ4v) is 4.11. The van der Waals surface area contributed by atoms with Gasteiger partial charge in [-0.2, -0.15) is 0 Å². The van der Waals surface area contributed by atoms with Crippen molar-refractivity contribution in [1.29, 1.82) is 0 Å². The summed E-state index contributed by atoms with van der Waals surface area (Å²) in [5.74, 6) is 1.91. The Kier molecular flexibility index (Phi) is 5.83. The molecule has 0 atom stereocenters. The number of ether oxygens (including phenoxy) is 1. The van der Waals surface area contributed by atoms with Gasteiger partial charge in [-0.05, 0) is 41.5 Å².